The molecule has 0 aliphatic heterocycles. The van der Waals surface area contributed by atoms with Gasteiger partial charge in [0.15, 0.2) is 0 Å². The van der Waals surface area contributed by atoms with Gasteiger partial charge in [-0.1, -0.05) is 41.5 Å². The number of nitrogens with zero attached hydrogens (tertiary/aromatic N) is 1. The summed E-state index contributed by atoms with van der Waals surface area (Å²) >= 11 is 4.62. The standard InChI is InChI=1S/C6H14N.C3H8S.Y/c1-5(2)7-6(3)4;1-3(2)4;/h5-6H,1-4H3;3-4H,1-2H3;/q-1;;/p-1. The third-order valence-corrected chi connectivity index (χ3v) is 0.596. The van der Waals surface area contributed by atoms with Gasteiger partial charge in [0, 0.05) is 32.7 Å². The van der Waals surface area contributed by atoms with Crippen molar-refractivity contribution in [3.05, 3.63) is 5.32 Å². The molecular weight excluding hydrogens is 243 g/mol. The Morgan fingerprint density at radius 1 is 0.833 bits per heavy atom. The average molecular weight is 264 g/mol. The van der Waals surface area contributed by atoms with Gasteiger partial charge in [-0.05, 0) is 0 Å². The van der Waals surface area contributed by atoms with Crippen molar-refractivity contribution in [2.24, 2.45) is 0 Å². The molecule has 73 valence electrons. The van der Waals surface area contributed by atoms with Crippen LogP contribution in [0.25, 0.3) is 5.32 Å². The summed E-state index contributed by atoms with van der Waals surface area (Å²) in [4.78, 5) is 0. The molecule has 0 aromatic carbocycles. The van der Waals surface area contributed by atoms with Crippen molar-refractivity contribution in [2.75, 3.05) is 0 Å². The fourth-order valence-electron chi connectivity index (χ4n) is 0.596. The Balaban J connectivity index is -0.000000142. The molecule has 0 aliphatic carbocycles. The molecule has 0 unspecified atom stereocenters. The Kier molecular flexibility index (Phi) is 19.7. The van der Waals surface area contributed by atoms with Crippen LogP contribution in [0.15, 0.2) is 0 Å². The van der Waals surface area contributed by atoms with E-state index in [1.807, 2.05) is 13.8 Å². The molecule has 0 amide bonds. The van der Waals surface area contributed by atoms with Crippen LogP contribution < -0.4 is 0 Å². The van der Waals surface area contributed by atoms with Crippen molar-refractivity contribution < 1.29 is 32.7 Å². The zero-order valence-electron chi connectivity index (χ0n) is 9.16. The van der Waals surface area contributed by atoms with Gasteiger partial charge >= 0.3 is 0 Å². The first kappa shape index (κ1) is 19.1. The van der Waals surface area contributed by atoms with Crippen LogP contribution in [0, 0.1) is 0 Å². The molecule has 0 fully saturated rings. The average Bonchev–Trinajstić information content (AvgIpc) is 1.56. The summed E-state index contributed by atoms with van der Waals surface area (Å²) < 4.78 is 0. The Morgan fingerprint density at radius 3 is 1.00 bits per heavy atom. The van der Waals surface area contributed by atoms with E-state index in [9.17, 15) is 0 Å². The first-order valence-corrected chi connectivity index (χ1v) is 4.69. The van der Waals surface area contributed by atoms with Crippen LogP contribution >= 0.6 is 0 Å². The third-order valence-electron chi connectivity index (χ3n) is 0.596. The van der Waals surface area contributed by atoms with Crippen molar-refractivity contribution in [3.63, 3.8) is 0 Å². The molecular formula is C9H21NSY-2. The van der Waals surface area contributed by atoms with Crippen molar-refractivity contribution in [3.8, 4) is 0 Å². The molecule has 0 aromatic heterocycles. The van der Waals surface area contributed by atoms with Gasteiger partial charge in [0.1, 0.15) is 0 Å². The predicted molar refractivity (Wildman–Crippen MR) is 56.1 cm³/mol. The van der Waals surface area contributed by atoms with Crippen LogP contribution in [-0.2, 0) is 45.3 Å². The minimum atomic E-state index is 0. The summed E-state index contributed by atoms with van der Waals surface area (Å²) in [6, 6.07) is 1.000. The van der Waals surface area contributed by atoms with Gasteiger partial charge in [-0.15, -0.1) is 12.1 Å². The molecule has 0 atom stereocenters. The zero-order chi connectivity index (χ0) is 9.44. The van der Waals surface area contributed by atoms with Crippen molar-refractivity contribution in [2.45, 2.75) is 58.9 Å². The Hall–Kier alpha value is 1.41. The van der Waals surface area contributed by atoms with E-state index in [2.05, 4.69) is 45.6 Å². The first-order chi connectivity index (χ1) is 4.86. The van der Waals surface area contributed by atoms with Crippen LogP contribution in [0.4, 0.5) is 0 Å². The number of rotatable bonds is 2. The molecule has 0 spiro atoms. The monoisotopic (exact) mass is 264 g/mol. The van der Waals surface area contributed by atoms with Gasteiger partial charge in [-0.3, -0.25) is 0 Å². The number of hydrogen-bond donors (Lipinski definition) is 0. The Bertz CT molecular complexity index is 66.2. The zero-order valence-corrected chi connectivity index (χ0v) is 12.8. The van der Waals surface area contributed by atoms with Gasteiger partial charge in [0.25, 0.3) is 0 Å². The van der Waals surface area contributed by atoms with E-state index >= 15 is 0 Å². The smallest absolute Gasteiger partial charge is 0 e. The topological polar surface area (TPSA) is 14.1 Å². The Morgan fingerprint density at radius 2 is 1.00 bits per heavy atom. The second-order valence-corrected chi connectivity index (χ2v) is 4.33. The van der Waals surface area contributed by atoms with E-state index in [1.165, 1.54) is 0 Å². The first-order valence-electron chi connectivity index (χ1n) is 4.22. The summed E-state index contributed by atoms with van der Waals surface area (Å²) in [5, 5.41) is 4.69. The third kappa shape index (κ3) is 42.2. The maximum atomic E-state index is 4.62. The van der Waals surface area contributed by atoms with Crippen LogP contribution in [0.5, 0.6) is 0 Å². The molecule has 0 bridgehead atoms. The molecule has 1 radical (unpaired) electrons. The maximum Gasteiger partial charge on any atom is 0 e. The van der Waals surface area contributed by atoms with Crippen molar-refractivity contribution >= 4 is 12.6 Å². The van der Waals surface area contributed by atoms with Gasteiger partial charge in [0.2, 0.25) is 0 Å². The minimum absolute atomic E-state index is 0. The fourth-order valence-corrected chi connectivity index (χ4v) is 0.596. The minimum Gasteiger partial charge on any atom is -0.790 e. The molecule has 3 heteroatoms. The summed E-state index contributed by atoms with van der Waals surface area (Å²) in [6.45, 7) is 12.4. The van der Waals surface area contributed by atoms with E-state index in [-0.39, 0.29) is 32.7 Å². The molecule has 0 saturated heterocycles. The molecule has 0 rings (SSSR count). The van der Waals surface area contributed by atoms with Gasteiger partial charge < -0.3 is 17.9 Å². The molecule has 12 heavy (non-hydrogen) atoms. The van der Waals surface area contributed by atoms with E-state index < -0.39 is 0 Å². The van der Waals surface area contributed by atoms with Crippen LogP contribution in [0.1, 0.15) is 41.5 Å². The number of hydrogen-bond acceptors (Lipinski definition) is 1. The van der Waals surface area contributed by atoms with E-state index in [4.69, 9.17) is 0 Å². The summed E-state index contributed by atoms with van der Waals surface area (Å²) in [7, 11) is 0. The summed E-state index contributed by atoms with van der Waals surface area (Å²) in [6.07, 6.45) is 0. The summed E-state index contributed by atoms with van der Waals surface area (Å²) in [5.41, 5.74) is 0. The van der Waals surface area contributed by atoms with Gasteiger partial charge in [-0.2, -0.15) is 5.25 Å². The van der Waals surface area contributed by atoms with Crippen molar-refractivity contribution in [1.82, 2.24) is 0 Å². The second-order valence-electron chi connectivity index (χ2n) is 3.39. The van der Waals surface area contributed by atoms with Gasteiger partial charge in [0.05, 0.1) is 0 Å². The Labute approximate surface area is 109 Å². The van der Waals surface area contributed by atoms with E-state index in [0.29, 0.717) is 17.3 Å². The SMILES string of the molecule is CC(C)[N-]C(C)C.CC(C)[S-].[Y]. The van der Waals surface area contributed by atoms with E-state index in [1.54, 1.807) is 0 Å². The van der Waals surface area contributed by atoms with E-state index in [0.717, 1.165) is 0 Å². The largest absolute Gasteiger partial charge is 0.790 e. The van der Waals surface area contributed by atoms with Crippen LogP contribution in [-0.4, -0.2) is 17.3 Å². The summed E-state index contributed by atoms with van der Waals surface area (Å²) in [5.74, 6) is 0. The maximum absolute atomic E-state index is 4.62. The molecule has 1 nitrogen and oxygen atoms in total. The normalized spacial score (nSPS) is 9.50. The fraction of sp³-hybridized carbons (Fsp3) is 1.00. The van der Waals surface area contributed by atoms with Crippen LogP contribution in [0.3, 0.4) is 0 Å². The molecule has 0 N–H and O–H groups in total. The predicted octanol–water partition coefficient (Wildman–Crippen LogP) is 3.12. The molecule has 0 saturated carbocycles. The quantitative estimate of drug-likeness (QED) is 0.699. The van der Waals surface area contributed by atoms with Gasteiger partial charge in [-0.25, -0.2) is 0 Å². The van der Waals surface area contributed by atoms with Crippen molar-refractivity contribution in [1.29, 1.82) is 0 Å². The van der Waals surface area contributed by atoms with Crippen LogP contribution in [0.2, 0.25) is 0 Å². The molecule has 0 heterocycles. The molecule has 0 aliphatic rings. The second kappa shape index (κ2) is 12.4. The molecule has 0 aromatic rings.